The SMILES string of the molecule is C=C(C)C(=O)OC(=O)c1ccccc1.C=C(C)C(=O)OC(=O)c1ccccc1. The van der Waals surface area contributed by atoms with Crippen LogP contribution in [0.5, 0.6) is 0 Å². The minimum Gasteiger partial charge on any atom is -0.386 e. The molecule has 0 aromatic heterocycles. The second kappa shape index (κ2) is 11.0. The van der Waals surface area contributed by atoms with Gasteiger partial charge in [0.25, 0.3) is 0 Å². The van der Waals surface area contributed by atoms with E-state index >= 15 is 0 Å². The summed E-state index contributed by atoms with van der Waals surface area (Å²) in [6.45, 7) is 9.72. The van der Waals surface area contributed by atoms with Gasteiger partial charge in [-0.25, -0.2) is 19.2 Å². The monoisotopic (exact) mass is 380 g/mol. The van der Waals surface area contributed by atoms with Gasteiger partial charge in [0.1, 0.15) is 0 Å². The summed E-state index contributed by atoms with van der Waals surface area (Å²) in [7, 11) is 0. The number of hydrogen-bond donors (Lipinski definition) is 0. The van der Waals surface area contributed by atoms with E-state index in [1.807, 2.05) is 0 Å². The summed E-state index contributed by atoms with van der Waals surface area (Å²) in [5.74, 6) is -2.70. The molecule has 0 unspecified atom stereocenters. The maximum absolute atomic E-state index is 11.3. The Labute approximate surface area is 163 Å². The van der Waals surface area contributed by atoms with Gasteiger partial charge in [-0.15, -0.1) is 0 Å². The molecule has 144 valence electrons. The minimum absolute atomic E-state index is 0.203. The third-order valence-corrected chi connectivity index (χ3v) is 3.09. The fourth-order valence-corrected chi connectivity index (χ4v) is 1.61. The first-order chi connectivity index (χ1) is 13.2. The number of rotatable bonds is 4. The molecule has 0 spiro atoms. The van der Waals surface area contributed by atoms with Gasteiger partial charge in [0.2, 0.25) is 0 Å². The van der Waals surface area contributed by atoms with Crippen LogP contribution in [0.1, 0.15) is 34.6 Å². The quantitative estimate of drug-likeness (QED) is 0.454. The highest BCUT2D eigenvalue weighted by Crippen LogP contribution is 2.04. The molecule has 0 saturated heterocycles. The fraction of sp³-hybridized carbons (Fsp3) is 0.0909. The Morgan fingerprint density at radius 3 is 1.14 bits per heavy atom. The van der Waals surface area contributed by atoms with Gasteiger partial charge >= 0.3 is 23.9 Å². The Morgan fingerprint density at radius 2 is 0.893 bits per heavy atom. The van der Waals surface area contributed by atoms with E-state index in [1.165, 1.54) is 13.8 Å². The van der Waals surface area contributed by atoms with Gasteiger partial charge in [0.15, 0.2) is 0 Å². The summed E-state index contributed by atoms with van der Waals surface area (Å²) in [6, 6.07) is 16.6. The van der Waals surface area contributed by atoms with Crippen LogP contribution in [-0.2, 0) is 19.1 Å². The van der Waals surface area contributed by atoms with Crippen LogP contribution < -0.4 is 0 Å². The first-order valence-electron chi connectivity index (χ1n) is 8.16. The molecule has 6 heteroatoms. The Bertz CT molecular complexity index is 806. The van der Waals surface area contributed by atoms with E-state index in [0.29, 0.717) is 11.1 Å². The van der Waals surface area contributed by atoms with Crippen LogP contribution in [0.2, 0.25) is 0 Å². The molecule has 0 atom stereocenters. The highest BCUT2D eigenvalue weighted by molar-refractivity contribution is 6.02. The van der Waals surface area contributed by atoms with Crippen molar-refractivity contribution in [2.75, 3.05) is 0 Å². The van der Waals surface area contributed by atoms with Crippen molar-refractivity contribution in [1.82, 2.24) is 0 Å². The van der Waals surface area contributed by atoms with Crippen molar-refractivity contribution < 1.29 is 28.7 Å². The van der Waals surface area contributed by atoms with Crippen molar-refractivity contribution in [3.8, 4) is 0 Å². The molecule has 2 aromatic carbocycles. The zero-order chi connectivity index (χ0) is 21.1. The highest BCUT2D eigenvalue weighted by atomic mass is 16.6. The van der Waals surface area contributed by atoms with Crippen molar-refractivity contribution in [2.45, 2.75) is 13.8 Å². The van der Waals surface area contributed by atoms with Gasteiger partial charge in [0.05, 0.1) is 11.1 Å². The van der Waals surface area contributed by atoms with E-state index in [1.54, 1.807) is 60.7 Å². The topological polar surface area (TPSA) is 86.7 Å². The molecular formula is C22H20O6. The molecule has 0 amide bonds. The molecule has 0 N–H and O–H groups in total. The third kappa shape index (κ3) is 7.61. The molecule has 2 rings (SSSR count). The number of esters is 4. The molecule has 28 heavy (non-hydrogen) atoms. The summed E-state index contributed by atoms with van der Waals surface area (Å²) < 4.78 is 9.04. The second-order valence-corrected chi connectivity index (χ2v) is 5.65. The van der Waals surface area contributed by atoms with Crippen molar-refractivity contribution in [3.63, 3.8) is 0 Å². The zero-order valence-corrected chi connectivity index (χ0v) is 15.6. The van der Waals surface area contributed by atoms with Crippen molar-refractivity contribution >= 4 is 23.9 Å². The molecule has 0 bridgehead atoms. The van der Waals surface area contributed by atoms with Crippen LogP contribution >= 0.6 is 0 Å². The second-order valence-electron chi connectivity index (χ2n) is 5.65. The Morgan fingerprint density at radius 1 is 0.607 bits per heavy atom. The zero-order valence-electron chi connectivity index (χ0n) is 15.6. The van der Waals surface area contributed by atoms with Crippen LogP contribution in [0.15, 0.2) is 85.0 Å². The lowest BCUT2D eigenvalue weighted by atomic mass is 10.2. The van der Waals surface area contributed by atoms with Crippen molar-refractivity contribution in [2.24, 2.45) is 0 Å². The Kier molecular flexibility index (Phi) is 8.76. The van der Waals surface area contributed by atoms with E-state index in [9.17, 15) is 19.2 Å². The average Bonchev–Trinajstić information content (AvgIpc) is 2.69. The van der Waals surface area contributed by atoms with Gasteiger partial charge in [0, 0.05) is 11.1 Å². The molecule has 0 aliphatic carbocycles. The van der Waals surface area contributed by atoms with Gasteiger partial charge in [-0.05, 0) is 38.1 Å². The summed E-state index contributed by atoms with van der Waals surface area (Å²) in [5, 5.41) is 0. The van der Waals surface area contributed by atoms with Gasteiger partial charge in [-0.3, -0.25) is 0 Å². The Hall–Kier alpha value is -3.80. The lowest BCUT2D eigenvalue weighted by molar-refractivity contribution is -0.134. The van der Waals surface area contributed by atoms with Crippen molar-refractivity contribution in [3.05, 3.63) is 96.1 Å². The van der Waals surface area contributed by atoms with E-state index in [-0.39, 0.29) is 11.1 Å². The molecule has 2 aromatic rings. The number of carbonyl (C=O) groups is 4. The van der Waals surface area contributed by atoms with Gasteiger partial charge < -0.3 is 9.47 Å². The summed E-state index contributed by atoms with van der Waals surface area (Å²) in [6.07, 6.45) is 0. The number of ether oxygens (including phenoxy) is 2. The largest absolute Gasteiger partial charge is 0.386 e. The first-order valence-corrected chi connectivity index (χ1v) is 8.16. The molecule has 0 fully saturated rings. The first kappa shape index (κ1) is 22.2. The predicted octanol–water partition coefficient (Wildman–Crippen LogP) is 3.89. The van der Waals surface area contributed by atoms with E-state index in [4.69, 9.17) is 0 Å². The molecule has 0 saturated carbocycles. The van der Waals surface area contributed by atoms with E-state index < -0.39 is 23.9 Å². The average molecular weight is 380 g/mol. The van der Waals surface area contributed by atoms with Crippen LogP contribution in [0.4, 0.5) is 0 Å². The molecular weight excluding hydrogens is 360 g/mol. The lowest BCUT2D eigenvalue weighted by Gasteiger charge is -2.01. The van der Waals surface area contributed by atoms with E-state index in [2.05, 4.69) is 22.6 Å². The van der Waals surface area contributed by atoms with Crippen LogP contribution in [0, 0.1) is 0 Å². The van der Waals surface area contributed by atoms with Crippen LogP contribution in [0.3, 0.4) is 0 Å². The maximum Gasteiger partial charge on any atom is 0.346 e. The Balaban J connectivity index is 0.000000280. The molecule has 6 nitrogen and oxygen atoms in total. The third-order valence-electron chi connectivity index (χ3n) is 3.09. The van der Waals surface area contributed by atoms with Gasteiger partial charge in [-0.1, -0.05) is 49.6 Å². The fourth-order valence-electron chi connectivity index (χ4n) is 1.61. The van der Waals surface area contributed by atoms with Crippen molar-refractivity contribution in [1.29, 1.82) is 0 Å². The standard InChI is InChI=1S/2C11H10O3/c2*1-8(2)10(12)14-11(13)9-6-4-3-5-7-9/h2*3-7H,1H2,2H3. The molecule has 0 heterocycles. The van der Waals surface area contributed by atoms with Crippen LogP contribution in [-0.4, -0.2) is 23.9 Å². The molecule has 0 aliphatic heterocycles. The number of carbonyl (C=O) groups excluding carboxylic acids is 4. The number of hydrogen-bond acceptors (Lipinski definition) is 6. The number of benzene rings is 2. The lowest BCUT2D eigenvalue weighted by Crippen LogP contribution is -2.12. The highest BCUT2D eigenvalue weighted by Gasteiger charge is 2.13. The van der Waals surface area contributed by atoms with Gasteiger partial charge in [-0.2, -0.15) is 0 Å². The molecule has 0 aliphatic rings. The normalized spacial score (nSPS) is 9.21. The van der Waals surface area contributed by atoms with E-state index in [0.717, 1.165) is 0 Å². The summed E-state index contributed by atoms with van der Waals surface area (Å²) in [4.78, 5) is 44.5. The predicted molar refractivity (Wildman–Crippen MR) is 103 cm³/mol. The maximum atomic E-state index is 11.3. The summed E-state index contributed by atoms with van der Waals surface area (Å²) in [5.41, 5.74) is 1.10. The molecule has 0 radical (unpaired) electrons. The minimum atomic E-state index is -0.696. The van der Waals surface area contributed by atoms with Crippen LogP contribution in [0.25, 0.3) is 0 Å². The smallest absolute Gasteiger partial charge is 0.346 e. The summed E-state index contributed by atoms with van der Waals surface area (Å²) >= 11 is 0.